The van der Waals surface area contributed by atoms with E-state index < -0.39 is 21.5 Å². The van der Waals surface area contributed by atoms with Crippen molar-refractivity contribution in [1.29, 1.82) is 5.26 Å². The number of hydrogen-bond donors (Lipinski definition) is 2. The Labute approximate surface area is 175 Å². The molecule has 0 atom stereocenters. The third-order valence-electron chi connectivity index (χ3n) is 4.63. The van der Waals surface area contributed by atoms with Gasteiger partial charge in [0.15, 0.2) is 5.69 Å². The van der Waals surface area contributed by atoms with Crippen LogP contribution in [0.5, 0.6) is 5.88 Å². The predicted molar refractivity (Wildman–Crippen MR) is 113 cm³/mol. The molecular weight excluding hydrogens is 406 g/mol. The van der Waals surface area contributed by atoms with Gasteiger partial charge in [-0.25, -0.2) is 13.1 Å². The minimum Gasteiger partial charge on any atom is -0.493 e. The van der Waals surface area contributed by atoms with Crippen molar-refractivity contribution in [3.63, 3.8) is 0 Å². The summed E-state index contributed by atoms with van der Waals surface area (Å²) in [5.41, 5.74) is -0.174. The fourth-order valence-corrected chi connectivity index (χ4v) is 3.84. The van der Waals surface area contributed by atoms with Crippen molar-refractivity contribution in [1.82, 2.24) is 9.29 Å². The van der Waals surface area contributed by atoms with Gasteiger partial charge in [-0.2, -0.15) is 10.4 Å². The molecule has 2 N–H and O–H groups in total. The van der Waals surface area contributed by atoms with Gasteiger partial charge in [0.1, 0.15) is 11.6 Å². The van der Waals surface area contributed by atoms with E-state index in [4.69, 9.17) is 0 Å². The molecule has 2 rings (SSSR count). The first-order chi connectivity index (χ1) is 14.2. The van der Waals surface area contributed by atoms with Crippen LogP contribution in [-0.2, 0) is 17.1 Å². The number of hydrogen-bond acceptors (Lipinski definition) is 7. The van der Waals surface area contributed by atoms with Crippen molar-refractivity contribution >= 4 is 21.4 Å². The van der Waals surface area contributed by atoms with Crippen molar-refractivity contribution in [2.24, 2.45) is 17.3 Å². The number of unbranched alkanes of at least 4 members (excludes halogenated alkanes) is 3. The van der Waals surface area contributed by atoms with Gasteiger partial charge in [0.2, 0.25) is 15.9 Å². The van der Waals surface area contributed by atoms with Crippen LogP contribution in [-0.4, -0.2) is 24.6 Å². The molecule has 1 heterocycles. The Morgan fingerprint density at radius 3 is 2.43 bits per heavy atom. The molecule has 0 bridgehead atoms. The molecule has 0 saturated carbocycles. The Morgan fingerprint density at radius 1 is 1.17 bits per heavy atom. The second-order valence-electron chi connectivity index (χ2n) is 6.80. The normalized spacial score (nSPS) is 11.7. The molecule has 1 aromatic heterocycles. The van der Waals surface area contributed by atoms with Crippen molar-refractivity contribution in [2.45, 2.75) is 44.4 Å². The van der Waals surface area contributed by atoms with Crippen LogP contribution in [0, 0.1) is 18.3 Å². The molecule has 0 unspecified atom stereocenters. The monoisotopic (exact) mass is 431 g/mol. The molecule has 0 amide bonds. The van der Waals surface area contributed by atoms with Gasteiger partial charge >= 0.3 is 0 Å². The van der Waals surface area contributed by atoms with E-state index in [0.29, 0.717) is 12.2 Å². The van der Waals surface area contributed by atoms with E-state index in [1.807, 2.05) is 6.07 Å². The summed E-state index contributed by atoms with van der Waals surface area (Å²) < 4.78 is 28.1. The lowest BCUT2D eigenvalue weighted by Crippen LogP contribution is -2.24. The maximum absolute atomic E-state index is 12.3. The van der Waals surface area contributed by atoms with Crippen LogP contribution in [0.3, 0.4) is 0 Å². The van der Waals surface area contributed by atoms with E-state index in [2.05, 4.69) is 21.9 Å². The quantitative estimate of drug-likeness (QED) is 0.462. The van der Waals surface area contributed by atoms with Crippen molar-refractivity contribution in [2.75, 3.05) is 6.54 Å². The van der Waals surface area contributed by atoms with E-state index in [-0.39, 0.29) is 21.7 Å². The summed E-state index contributed by atoms with van der Waals surface area (Å²) in [5, 5.41) is 26.9. The largest absolute Gasteiger partial charge is 0.493 e. The number of nitrogens with zero attached hydrogens (tertiary/aromatic N) is 4. The highest BCUT2D eigenvalue weighted by atomic mass is 32.2. The smallest absolute Gasteiger partial charge is 0.281 e. The standard InChI is InChI=1S/C20H25N5O4S/c1-4-5-6-7-12-22-30(28,29)16-10-8-15(9-11-16)23-24-18-14(2)17(13-21)19(26)25(3)20(18)27/h8-11,22,26H,4-7,12H2,1-3H3. The summed E-state index contributed by atoms with van der Waals surface area (Å²) in [5.74, 6) is -0.435. The van der Waals surface area contributed by atoms with Gasteiger partial charge in [-0.1, -0.05) is 26.2 Å². The highest BCUT2D eigenvalue weighted by molar-refractivity contribution is 7.89. The maximum atomic E-state index is 12.3. The topological polar surface area (TPSA) is 137 Å². The van der Waals surface area contributed by atoms with Crippen LogP contribution in [0.25, 0.3) is 0 Å². The van der Waals surface area contributed by atoms with Crippen LogP contribution < -0.4 is 10.3 Å². The van der Waals surface area contributed by atoms with Gasteiger partial charge in [-0.15, -0.1) is 5.11 Å². The van der Waals surface area contributed by atoms with Gasteiger partial charge < -0.3 is 5.11 Å². The van der Waals surface area contributed by atoms with Gasteiger partial charge in [0.25, 0.3) is 5.56 Å². The molecule has 0 radical (unpaired) electrons. The Bertz CT molecular complexity index is 1130. The van der Waals surface area contributed by atoms with Gasteiger partial charge in [-0.05, 0) is 37.6 Å². The molecule has 30 heavy (non-hydrogen) atoms. The predicted octanol–water partition coefficient (Wildman–Crippen LogP) is 3.55. The summed E-state index contributed by atoms with van der Waals surface area (Å²) in [6.07, 6.45) is 3.91. The first-order valence-electron chi connectivity index (χ1n) is 9.57. The van der Waals surface area contributed by atoms with Crippen LogP contribution in [0.15, 0.2) is 44.2 Å². The summed E-state index contributed by atoms with van der Waals surface area (Å²) >= 11 is 0. The fourth-order valence-electron chi connectivity index (χ4n) is 2.76. The zero-order valence-electron chi connectivity index (χ0n) is 17.2. The second kappa shape index (κ2) is 10.1. The van der Waals surface area contributed by atoms with E-state index in [1.165, 1.54) is 38.2 Å². The molecule has 0 spiro atoms. The minimum absolute atomic E-state index is 0.0579. The molecule has 0 saturated heterocycles. The van der Waals surface area contributed by atoms with Crippen molar-refractivity contribution in [3.05, 3.63) is 45.7 Å². The zero-order chi connectivity index (χ0) is 22.3. The molecular formula is C20H25N5O4S. The third-order valence-corrected chi connectivity index (χ3v) is 6.10. The van der Waals surface area contributed by atoms with Crippen LogP contribution in [0.4, 0.5) is 11.4 Å². The molecule has 1 aromatic carbocycles. The fraction of sp³-hybridized carbons (Fsp3) is 0.400. The van der Waals surface area contributed by atoms with Crippen molar-refractivity contribution < 1.29 is 13.5 Å². The molecule has 0 fully saturated rings. The Kier molecular flexibility index (Phi) is 7.86. The van der Waals surface area contributed by atoms with Gasteiger partial charge in [0, 0.05) is 19.2 Å². The molecule has 9 nitrogen and oxygen atoms in total. The van der Waals surface area contributed by atoms with Gasteiger partial charge in [0.05, 0.1) is 10.6 Å². The number of nitriles is 1. The summed E-state index contributed by atoms with van der Waals surface area (Å²) in [4.78, 5) is 12.4. The van der Waals surface area contributed by atoms with Crippen LogP contribution in [0.2, 0.25) is 0 Å². The van der Waals surface area contributed by atoms with E-state index in [9.17, 15) is 23.6 Å². The highest BCUT2D eigenvalue weighted by Crippen LogP contribution is 2.26. The van der Waals surface area contributed by atoms with Crippen LogP contribution in [0.1, 0.15) is 43.7 Å². The zero-order valence-corrected chi connectivity index (χ0v) is 18.0. The molecule has 10 heteroatoms. The number of sulfonamides is 1. The second-order valence-corrected chi connectivity index (χ2v) is 8.57. The van der Waals surface area contributed by atoms with E-state index in [1.54, 1.807) is 0 Å². The number of pyridine rings is 1. The Hall–Kier alpha value is -3.03. The molecule has 0 aliphatic rings. The van der Waals surface area contributed by atoms with E-state index in [0.717, 1.165) is 30.3 Å². The number of nitrogens with one attached hydrogen (secondary N) is 1. The average Bonchev–Trinajstić information content (AvgIpc) is 2.73. The number of aromatic nitrogens is 1. The number of aromatic hydroxyl groups is 1. The van der Waals surface area contributed by atoms with Crippen molar-refractivity contribution in [3.8, 4) is 11.9 Å². The van der Waals surface area contributed by atoms with Crippen LogP contribution >= 0.6 is 0 Å². The first kappa shape index (κ1) is 23.3. The lowest BCUT2D eigenvalue weighted by molar-refractivity contribution is 0.421. The Morgan fingerprint density at radius 2 is 1.83 bits per heavy atom. The summed E-state index contributed by atoms with van der Waals surface area (Å²) in [6.45, 7) is 3.97. The first-order valence-corrected chi connectivity index (χ1v) is 11.0. The average molecular weight is 432 g/mol. The number of azo groups is 1. The minimum atomic E-state index is -3.60. The lowest BCUT2D eigenvalue weighted by Gasteiger charge is -2.08. The van der Waals surface area contributed by atoms with E-state index >= 15 is 0 Å². The SMILES string of the molecule is CCCCCCNS(=O)(=O)c1ccc(N=Nc2c(C)c(C#N)c(O)n(C)c2=O)cc1. The maximum Gasteiger partial charge on any atom is 0.281 e. The molecule has 160 valence electrons. The summed E-state index contributed by atoms with van der Waals surface area (Å²) in [7, 11) is -2.28. The highest BCUT2D eigenvalue weighted by Gasteiger charge is 2.17. The Balaban J connectivity index is 2.19. The molecule has 0 aliphatic carbocycles. The molecule has 0 aliphatic heterocycles. The van der Waals surface area contributed by atoms with Gasteiger partial charge in [-0.3, -0.25) is 9.36 Å². The summed E-state index contributed by atoms with van der Waals surface area (Å²) in [6, 6.07) is 7.60. The number of rotatable bonds is 9. The molecule has 2 aromatic rings. The lowest BCUT2D eigenvalue weighted by atomic mass is 10.1. The number of benzene rings is 1. The third kappa shape index (κ3) is 5.31.